The van der Waals surface area contributed by atoms with Gasteiger partial charge in [0, 0.05) is 37.8 Å². The van der Waals surface area contributed by atoms with E-state index >= 15 is 0 Å². The van der Waals surface area contributed by atoms with Crippen molar-refractivity contribution in [3.05, 3.63) is 46.9 Å². The molecule has 1 fully saturated rings. The first-order chi connectivity index (χ1) is 13.4. The maximum absolute atomic E-state index is 5.65. The van der Waals surface area contributed by atoms with Crippen LogP contribution >= 0.6 is 11.3 Å². The van der Waals surface area contributed by atoms with E-state index in [-0.39, 0.29) is 0 Å². The van der Waals surface area contributed by atoms with Crippen LogP contribution in [0.2, 0.25) is 0 Å². The van der Waals surface area contributed by atoms with Gasteiger partial charge in [-0.05, 0) is 23.6 Å². The van der Waals surface area contributed by atoms with E-state index < -0.39 is 0 Å². The molecule has 1 aliphatic rings. The minimum atomic E-state index is 0.319. The Bertz CT molecular complexity index is 675. The second kappa shape index (κ2) is 10.9. The number of nitrogens with one attached hydrogen (secondary N) is 2. The van der Waals surface area contributed by atoms with Crippen LogP contribution < -0.4 is 15.4 Å². The van der Waals surface area contributed by atoms with E-state index in [1.807, 2.05) is 12.1 Å². The number of hydrogen-bond donors (Lipinski definition) is 2. The van der Waals surface area contributed by atoms with Crippen molar-refractivity contribution in [3.63, 3.8) is 0 Å². The first-order valence-electron chi connectivity index (χ1n) is 9.19. The fourth-order valence-corrected chi connectivity index (χ4v) is 3.83. The first-order valence-corrected chi connectivity index (χ1v) is 10.1. The third-order valence-electron chi connectivity index (χ3n) is 4.34. The van der Waals surface area contributed by atoms with E-state index in [0.29, 0.717) is 19.2 Å². The van der Waals surface area contributed by atoms with Crippen LogP contribution in [-0.4, -0.2) is 68.9 Å². The van der Waals surface area contributed by atoms with Gasteiger partial charge in [0.1, 0.15) is 12.4 Å². The van der Waals surface area contributed by atoms with Crippen molar-refractivity contribution >= 4 is 17.3 Å². The standard InChI is InChI=1S/C19H27N5O2S/c1-20-19(22-7-10-26-16-4-2-6-21-14-16)23-15-17(18-5-3-13-27-18)24-8-11-25-12-9-24/h2-6,13-14,17H,7-12,15H2,1H3,(H2,20,22,23). The predicted molar refractivity (Wildman–Crippen MR) is 109 cm³/mol. The summed E-state index contributed by atoms with van der Waals surface area (Å²) in [5, 5.41) is 8.88. The summed E-state index contributed by atoms with van der Waals surface area (Å²) in [6, 6.07) is 8.38. The Balaban J connectivity index is 1.46. The molecule has 0 aromatic carbocycles. The van der Waals surface area contributed by atoms with Crippen molar-refractivity contribution in [1.29, 1.82) is 0 Å². The summed E-state index contributed by atoms with van der Waals surface area (Å²) in [7, 11) is 1.78. The number of aromatic nitrogens is 1. The molecule has 1 saturated heterocycles. The average molecular weight is 390 g/mol. The first kappa shape index (κ1) is 19.6. The summed E-state index contributed by atoms with van der Waals surface area (Å²) in [5.41, 5.74) is 0. The number of thiophene rings is 1. The molecule has 0 amide bonds. The minimum Gasteiger partial charge on any atom is -0.490 e. The van der Waals surface area contributed by atoms with E-state index in [4.69, 9.17) is 9.47 Å². The molecule has 1 aliphatic heterocycles. The maximum atomic E-state index is 5.65. The molecule has 7 nitrogen and oxygen atoms in total. The zero-order chi connectivity index (χ0) is 18.7. The molecule has 2 N–H and O–H groups in total. The summed E-state index contributed by atoms with van der Waals surface area (Å²) in [6.45, 7) is 5.50. The minimum absolute atomic E-state index is 0.319. The van der Waals surface area contributed by atoms with Crippen molar-refractivity contribution in [3.8, 4) is 5.75 Å². The SMILES string of the molecule is CN=C(NCCOc1cccnc1)NCC(c1cccs1)N1CCOCC1. The Morgan fingerprint density at radius 1 is 1.33 bits per heavy atom. The highest BCUT2D eigenvalue weighted by Gasteiger charge is 2.23. The van der Waals surface area contributed by atoms with Gasteiger partial charge in [-0.3, -0.25) is 14.9 Å². The van der Waals surface area contributed by atoms with Crippen LogP contribution in [0.3, 0.4) is 0 Å². The van der Waals surface area contributed by atoms with Crippen LogP contribution in [-0.2, 0) is 4.74 Å². The molecule has 27 heavy (non-hydrogen) atoms. The molecule has 0 bridgehead atoms. The van der Waals surface area contributed by atoms with E-state index in [1.54, 1.807) is 30.8 Å². The fourth-order valence-electron chi connectivity index (χ4n) is 2.96. The second-order valence-electron chi connectivity index (χ2n) is 6.10. The molecule has 0 spiro atoms. The van der Waals surface area contributed by atoms with E-state index in [2.05, 4.69) is 43.0 Å². The summed E-state index contributed by atoms with van der Waals surface area (Å²) >= 11 is 1.79. The van der Waals surface area contributed by atoms with Gasteiger partial charge in [-0.15, -0.1) is 11.3 Å². The van der Waals surface area contributed by atoms with Crippen LogP contribution in [0.4, 0.5) is 0 Å². The van der Waals surface area contributed by atoms with Crippen LogP contribution in [0.1, 0.15) is 10.9 Å². The highest BCUT2D eigenvalue weighted by Crippen LogP contribution is 2.25. The molecule has 1 atom stereocenters. The van der Waals surface area contributed by atoms with Crippen molar-refractivity contribution < 1.29 is 9.47 Å². The van der Waals surface area contributed by atoms with Gasteiger partial charge in [0.15, 0.2) is 5.96 Å². The Morgan fingerprint density at radius 3 is 2.93 bits per heavy atom. The second-order valence-corrected chi connectivity index (χ2v) is 7.08. The van der Waals surface area contributed by atoms with Crippen molar-refractivity contribution in [2.24, 2.45) is 4.99 Å². The highest BCUT2D eigenvalue weighted by atomic mass is 32.1. The molecule has 0 aliphatic carbocycles. The molecule has 2 aromatic rings. The third kappa shape index (κ3) is 6.20. The van der Waals surface area contributed by atoms with E-state index in [9.17, 15) is 0 Å². The van der Waals surface area contributed by atoms with Crippen LogP contribution in [0.5, 0.6) is 5.75 Å². The molecule has 0 saturated carbocycles. The Morgan fingerprint density at radius 2 is 2.22 bits per heavy atom. The van der Waals surface area contributed by atoms with Gasteiger partial charge >= 0.3 is 0 Å². The summed E-state index contributed by atoms with van der Waals surface area (Å²) in [6.07, 6.45) is 3.44. The van der Waals surface area contributed by atoms with Gasteiger partial charge in [0.25, 0.3) is 0 Å². The van der Waals surface area contributed by atoms with Crippen LogP contribution in [0.15, 0.2) is 47.0 Å². The average Bonchev–Trinajstić information content (AvgIpc) is 3.26. The lowest BCUT2D eigenvalue weighted by molar-refractivity contribution is 0.0177. The number of hydrogen-bond acceptors (Lipinski definition) is 6. The lowest BCUT2D eigenvalue weighted by atomic mass is 10.2. The molecule has 3 rings (SSSR count). The van der Waals surface area contributed by atoms with Crippen LogP contribution in [0, 0.1) is 0 Å². The zero-order valence-corrected chi connectivity index (χ0v) is 16.5. The summed E-state index contributed by atoms with van der Waals surface area (Å²) in [4.78, 5) is 12.2. The zero-order valence-electron chi connectivity index (χ0n) is 15.6. The normalized spacial score (nSPS) is 16.7. The number of rotatable bonds is 8. The molecule has 0 radical (unpaired) electrons. The molecule has 8 heteroatoms. The lowest BCUT2D eigenvalue weighted by Crippen LogP contribution is -2.46. The van der Waals surface area contributed by atoms with E-state index in [1.165, 1.54) is 4.88 Å². The number of aliphatic imine (C=N–C) groups is 1. The van der Waals surface area contributed by atoms with E-state index in [0.717, 1.165) is 44.6 Å². The topological polar surface area (TPSA) is 71.0 Å². The molecule has 1 unspecified atom stereocenters. The number of nitrogens with zero attached hydrogens (tertiary/aromatic N) is 3. The van der Waals surface area contributed by atoms with Crippen molar-refractivity contribution in [1.82, 2.24) is 20.5 Å². The number of ether oxygens (including phenoxy) is 2. The Kier molecular flexibility index (Phi) is 7.88. The monoisotopic (exact) mass is 389 g/mol. The van der Waals surface area contributed by atoms with Gasteiger partial charge in [0.2, 0.25) is 0 Å². The number of pyridine rings is 1. The predicted octanol–water partition coefficient (Wildman–Crippen LogP) is 1.76. The number of morpholine rings is 1. The van der Waals surface area contributed by atoms with Crippen LogP contribution in [0.25, 0.3) is 0 Å². The largest absolute Gasteiger partial charge is 0.490 e. The smallest absolute Gasteiger partial charge is 0.191 e. The van der Waals surface area contributed by atoms with Gasteiger partial charge < -0.3 is 20.1 Å². The molecule has 2 aromatic heterocycles. The quantitative estimate of drug-likeness (QED) is 0.407. The Hall–Kier alpha value is -2.16. The lowest BCUT2D eigenvalue weighted by Gasteiger charge is -2.34. The van der Waals surface area contributed by atoms with Gasteiger partial charge in [-0.2, -0.15) is 0 Å². The molecule has 3 heterocycles. The van der Waals surface area contributed by atoms with Gasteiger partial charge in [0.05, 0.1) is 32.0 Å². The molecular formula is C19H27N5O2S. The third-order valence-corrected chi connectivity index (χ3v) is 5.32. The number of guanidine groups is 1. The Labute approximate surface area is 164 Å². The van der Waals surface area contributed by atoms with Crippen molar-refractivity contribution in [2.45, 2.75) is 6.04 Å². The maximum Gasteiger partial charge on any atom is 0.191 e. The summed E-state index contributed by atoms with van der Waals surface area (Å²) in [5.74, 6) is 1.55. The molecule has 146 valence electrons. The highest BCUT2D eigenvalue weighted by molar-refractivity contribution is 7.10. The van der Waals surface area contributed by atoms with Gasteiger partial charge in [-0.25, -0.2) is 0 Å². The summed E-state index contributed by atoms with van der Waals surface area (Å²) < 4.78 is 11.2. The fraction of sp³-hybridized carbons (Fsp3) is 0.474. The van der Waals surface area contributed by atoms with Gasteiger partial charge in [-0.1, -0.05) is 6.07 Å². The molecular weight excluding hydrogens is 362 g/mol. The van der Waals surface area contributed by atoms with Crippen molar-refractivity contribution in [2.75, 3.05) is 53.0 Å².